The normalized spacial score (nSPS) is 11.1. The molecule has 2 amide bonds. The van der Waals surface area contributed by atoms with Gasteiger partial charge in [-0.15, -0.1) is 0 Å². The van der Waals surface area contributed by atoms with Gasteiger partial charge in [0.1, 0.15) is 6.33 Å². The van der Waals surface area contributed by atoms with Crippen LogP contribution in [0.5, 0.6) is 5.75 Å². The summed E-state index contributed by atoms with van der Waals surface area (Å²) in [6.45, 7) is 9.34. The molecule has 0 fully saturated rings. The summed E-state index contributed by atoms with van der Waals surface area (Å²) in [4.78, 5) is 40.0. The van der Waals surface area contributed by atoms with E-state index in [1.807, 2.05) is 39.8 Å². The van der Waals surface area contributed by atoms with E-state index >= 15 is 0 Å². The van der Waals surface area contributed by atoms with Gasteiger partial charge in [0, 0.05) is 18.7 Å². The molecule has 9 heteroatoms. The standard InChI is InChI=1S/C25H28N4O5/c1-14-7-8-16(9-21(14)29-12-20(24(32)33)26-13-29)23(31)28-19-11-17(25(3,4)5)10-18(22(19)34-6)27-15(2)30/h7-13H,1-6H3,(H,27,30)(H,28,31)(H,32,33). The number of carbonyl (C=O) groups is 3. The third-order valence-corrected chi connectivity index (χ3v) is 5.27. The number of aromatic nitrogens is 2. The topological polar surface area (TPSA) is 123 Å². The van der Waals surface area contributed by atoms with Gasteiger partial charge >= 0.3 is 5.97 Å². The molecule has 0 saturated heterocycles. The van der Waals surface area contributed by atoms with Crippen molar-refractivity contribution in [3.63, 3.8) is 0 Å². The van der Waals surface area contributed by atoms with E-state index in [9.17, 15) is 14.4 Å². The van der Waals surface area contributed by atoms with Gasteiger partial charge in [-0.2, -0.15) is 0 Å². The largest absolute Gasteiger partial charge is 0.492 e. The number of anilines is 2. The van der Waals surface area contributed by atoms with Crippen molar-refractivity contribution >= 4 is 29.2 Å². The predicted octanol–water partition coefficient (Wildman–Crippen LogP) is 4.40. The van der Waals surface area contributed by atoms with Crippen LogP contribution in [0.3, 0.4) is 0 Å². The number of nitrogens with zero attached hydrogens (tertiary/aromatic N) is 2. The number of imidazole rings is 1. The Bertz CT molecular complexity index is 1270. The van der Waals surface area contributed by atoms with Crippen LogP contribution in [0.4, 0.5) is 11.4 Å². The van der Waals surface area contributed by atoms with Crippen LogP contribution >= 0.6 is 0 Å². The highest BCUT2D eigenvalue weighted by atomic mass is 16.5. The Kier molecular flexibility index (Phi) is 6.76. The number of carboxylic acid groups (broad SMARTS) is 1. The summed E-state index contributed by atoms with van der Waals surface area (Å²) >= 11 is 0. The maximum absolute atomic E-state index is 13.2. The molecule has 0 aliphatic heterocycles. The molecule has 0 spiro atoms. The van der Waals surface area contributed by atoms with Crippen LogP contribution in [0.1, 0.15) is 59.7 Å². The molecular weight excluding hydrogens is 436 g/mol. The minimum Gasteiger partial charge on any atom is -0.492 e. The van der Waals surface area contributed by atoms with E-state index in [2.05, 4.69) is 15.6 Å². The Labute approximate surface area is 197 Å². The highest BCUT2D eigenvalue weighted by molar-refractivity contribution is 6.06. The molecule has 0 aliphatic carbocycles. The molecule has 0 unspecified atom stereocenters. The molecule has 0 atom stereocenters. The summed E-state index contributed by atoms with van der Waals surface area (Å²) in [6, 6.07) is 8.77. The van der Waals surface area contributed by atoms with E-state index in [1.165, 1.54) is 26.6 Å². The van der Waals surface area contributed by atoms with E-state index in [4.69, 9.17) is 9.84 Å². The summed E-state index contributed by atoms with van der Waals surface area (Å²) in [5.74, 6) is -1.44. The van der Waals surface area contributed by atoms with Crippen molar-refractivity contribution in [2.75, 3.05) is 17.7 Å². The van der Waals surface area contributed by atoms with Crippen molar-refractivity contribution < 1.29 is 24.2 Å². The van der Waals surface area contributed by atoms with E-state index in [-0.39, 0.29) is 17.0 Å². The number of carboxylic acids is 1. The minimum atomic E-state index is -1.13. The maximum atomic E-state index is 13.2. The van der Waals surface area contributed by atoms with Gasteiger partial charge in [-0.05, 0) is 47.7 Å². The number of aromatic carboxylic acids is 1. The molecule has 0 saturated carbocycles. The summed E-state index contributed by atoms with van der Waals surface area (Å²) in [5, 5.41) is 14.8. The number of hydrogen-bond acceptors (Lipinski definition) is 5. The van der Waals surface area contributed by atoms with Crippen molar-refractivity contribution in [2.24, 2.45) is 0 Å². The SMILES string of the molecule is COc1c(NC(C)=O)cc(C(C)(C)C)cc1NC(=O)c1ccc(C)c(-n2cnc(C(=O)O)c2)c1. The highest BCUT2D eigenvalue weighted by Crippen LogP contribution is 2.39. The van der Waals surface area contributed by atoms with E-state index in [0.29, 0.717) is 28.4 Å². The first-order chi connectivity index (χ1) is 15.9. The molecule has 0 aliphatic rings. The number of aryl methyl sites for hydroxylation is 1. The van der Waals surface area contributed by atoms with Gasteiger partial charge < -0.3 is 25.0 Å². The average Bonchev–Trinajstić information content (AvgIpc) is 3.23. The van der Waals surface area contributed by atoms with Crippen LogP contribution < -0.4 is 15.4 Å². The zero-order chi connectivity index (χ0) is 25.2. The highest BCUT2D eigenvalue weighted by Gasteiger charge is 2.22. The summed E-state index contributed by atoms with van der Waals surface area (Å²) in [6.07, 6.45) is 2.78. The Morgan fingerprint density at radius 3 is 2.24 bits per heavy atom. The van der Waals surface area contributed by atoms with Gasteiger partial charge in [0.25, 0.3) is 5.91 Å². The molecule has 1 heterocycles. The number of ether oxygens (including phenoxy) is 1. The Morgan fingerprint density at radius 2 is 1.71 bits per heavy atom. The van der Waals surface area contributed by atoms with E-state index < -0.39 is 11.9 Å². The number of nitrogens with one attached hydrogen (secondary N) is 2. The third-order valence-electron chi connectivity index (χ3n) is 5.27. The number of rotatable bonds is 6. The fourth-order valence-corrected chi connectivity index (χ4v) is 3.45. The van der Waals surface area contributed by atoms with Gasteiger partial charge in [-0.25, -0.2) is 9.78 Å². The van der Waals surface area contributed by atoms with Gasteiger partial charge in [0.05, 0.1) is 24.2 Å². The van der Waals surface area contributed by atoms with Crippen LogP contribution in [0.25, 0.3) is 5.69 Å². The maximum Gasteiger partial charge on any atom is 0.356 e. The second-order valence-electron chi connectivity index (χ2n) is 8.96. The zero-order valence-electron chi connectivity index (χ0n) is 20.0. The van der Waals surface area contributed by atoms with Crippen LogP contribution in [0.2, 0.25) is 0 Å². The first kappa shape index (κ1) is 24.5. The van der Waals surface area contributed by atoms with Gasteiger partial charge in [0.15, 0.2) is 11.4 Å². The molecule has 9 nitrogen and oxygen atoms in total. The first-order valence-corrected chi connectivity index (χ1v) is 10.6. The van der Waals surface area contributed by atoms with Gasteiger partial charge in [0.2, 0.25) is 5.91 Å². The number of benzene rings is 2. The summed E-state index contributed by atoms with van der Waals surface area (Å²) in [5.41, 5.74) is 3.26. The van der Waals surface area contributed by atoms with Crippen LogP contribution in [0, 0.1) is 6.92 Å². The minimum absolute atomic E-state index is 0.0940. The molecule has 1 aromatic heterocycles. The van der Waals surface area contributed by atoms with E-state index in [0.717, 1.165) is 11.1 Å². The number of hydrogen-bond donors (Lipinski definition) is 3. The summed E-state index contributed by atoms with van der Waals surface area (Å²) < 4.78 is 7.08. The zero-order valence-corrected chi connectivity index (χ0v) is 20.0. The lowest BCUT2D eigenvalue weighted by Gasteiger charge is -2.24. The monoisotopic (exact) mass is 464 g/mol. The number of carbonyl (C=O) groups excluding carboxylic acids is 2. The molecule has 3 aromatic rings. The number of amides is 2. The lowest BCUT2D eigenvalue weighted by atomic mass is 9.86. The Balaban J connectivity index is 2.02. The molecule has 0 bridgehead atoms. The number of methoxy groups -OCH3 is 1. The van der Waals surface area contributed by atoms with Crippen LogP contribution in [-0.2, 0) is 10.2 Å². The fraction of sp³-hybridized carbons (Fsp3) is 0.280. The van der Waals surface area contributed by atoms with Crippen molar-refractivity contribution in [1.82, 2.24) is 9.55 Å². The lowest BCUT2D eigenvalue weighted by Crippen LogP contribution is -2.18. The fourth-order valence-electron chi connectivity index (χ4n) is 3.45. The van der Waals surface area contributed by atoms with Crippen molar-refractivity contribution in [3.05, 3.63) is 65.2 Å². The van der Waals surface area contributed by atoms with Crippen molar-refractivity contribution in [2.45, 2.75) is 40.0 Å². The third kappa shape index (κ3) is 5.25. The van der Waals surface area contributed by atoms with Crippen LogP contribution in [-0.4, -0.2) is 39.6 Å². The predicted molar refractivity (Wildman–Crippen MR) is 129 cm³/mol. The molecule has 34 heavy (non-hydrogen) atoms. The van der Waals surface area contributed by atoms with Crippen molar-refractivity contribution in [1.29, 1.82) is 0 Å². The van der Waals surface area contributed by atoms with E-state index in [1.54, 1.807) is 22.8 Å². The second kappa shape index (κ2) is 9.38. The van der Waals surface area contributed by atoms with Gasteiger partial charge in [-0.1, -0.05) is 26.8 Å². The molecule has 3 N–H and O–H groups in total. The Hall–Kier alpha value is -4.14. The smallest absolute Gasteiger partial charge is 0.356 e. The molecule has 3 rings (SSSR count). The van der Waals surface area contributed by atoms with Crippen LogP contribution in [0.15, 0.2) is 42.9 Å². The summed E-state index contributed by atoms with van der Waals surface area (Å²) in [7, 11) is 1.47. The molecule has 2 aromatic carbocycles. The lowest BCUT2D eigenvalue weighted by molar-refractivity contribution is -0.114. The molecule has 0 radical (unpaired) electrons. The first-order valence-electron chi connectivity index (χ1n) is 10.6. The second-order valence-corrected chi connectivity index (χ2v) is 8.96. The Morgan fingerprint density at radius 1 is 1.06 bits per heavy atom. The quantitative estimate of drug-likeness (QED) is 0.497. The van der Waals surface area contributed by atoms with Crippen molar-refractivity contribution in [3.8, 4) is 11.4 Å². The van der Waals surface area contributed by atoms with Gasteiger partial charge in [-0.3, -0.25) is 9.59 Å². The average molecular weight is 465 g/mol. The molecular formula is C25H28N4O5. The molecule has 178 valence electrons.